The van der Waals surface area contributed by atoms with Gasteiger partial charge in [0.05, 0.1) is 0 Å². The molecule has 1 aliphatic rings. The molecule has 2 rings (SSSR count). The number of rotatable bonds is 8. The maximum atomic E-state index is 13.7. The standard InChI is InChI=1S/C28H45N3O4/c1-18(2)16-23(30-27(34)35-28(5,6)7)26(33)31(8)24(21-15-14-19(3)20(4)17-21)25(32)29-22-12-10-9-11-13-22/h14-15,17-18,22-24H,9-13,16H2,1-8H3,(H,29,32)(H,30,34). The summed E-state index contributed by atoms with van der Waals surface area (Å²) in [5.41, 5.74) is 2.27. The molecule has 2 atom stereocenters. The number of benzene rings is 1. The van der Waals surface area contributed by atoms with Crippen LogP contribution in [-0.4, -0.2) is 47.5 Å². The second kappa shape index (κ2) is 12.4. The van der Waals surface area contributed by atoms with Gasteiger partial charge in [-0.2, -0.15) is 0 Å². The van der Waals surface area contributed by atoms with Crippen LogP contribution < -0.4 is 10.6 Å². The molecule has 0 radical (unpaired) electrons. The van der Waals surface area contributed by atoms with Gasteiger partial charge in [0.2, 0.25) is 11.8 Å². The zero-order valence-electron chi connectivity index (χ0n) is 22.9. The molecule has 0 saturated heterocycles. The first-order valence-electron chi connectivity index (χ1n) is 12.9. The van der Waals surface area contributed by atoms with Crippen LogP contribution >= 0.6 is 0 Å². The van der Waals surface area contributed by atoms with E-state index in [-0.39, 0.29) is 23.8 Å². The Morgan fingerprint density at radius 2 is 1.69 bits per heavy atom. The van der Waals surface area contributed by atoms with E-state index in [0.29, 0.717) is 6.42 Å². The lowest BCUT2D eigenvalue weighted by Crippen LogP contribution is -2.53. The average Bonchev–Trinajstić information content (AvgIpc) is 2.74. The zero-order valence-corrected chi connectivity index (χ0v) is 22.9. The Labute approximate surface area is 211 Å². The molecule has 196 valence electrons. The minimum absolute atomic E-state index is 0.125. The third-order valence-electron chi connectivity index (χ3n) is 6.48. The van der Waals surface area contributed by atoms with Crippen molar-refractivity contribution in [1.82, 2.24) is 15.5 Å². The number of hydrogen-bond acceptors (Lipinski definition) is 4. The van der Waals surface area contributed by atoms with E-state index in [4.69, 9.17) is 4.74 Å². The molecule has 1 fully saturated rings. The molecule has 35 heavy (non-hydrogen) atoms. The minimum Gasteiger partial charge on any atom is -0.444 e. The number of alkyl carbamates (subject to hydrolysis) is 1. The molecule has 0 bridgehead atoms. The van der Waals surface area contributed by atoms with E-state index in [2.05, 4.69) is 10.6 Å². The molecule has 0 aliphatic heterocycles. The van der Waals surface area contributed by atoms with Crippen LogP contribution in [0.15, 0.2) is 18.2 Å². The third kappa shape index (κ3) is 8.86. The smallest absolute Gasteiger partial charge is 0.408 e. The van der Waals surface area contributed by atoms with Crippen LogP contribution in [0.5, 0.6) is 0 Å². The summed E-state index contributed by atoms with van der Waals surface area (Å²) in [4.78, 5) is 41.3. The van der Waals surface area contributed by atoms with E-state index < -0.39 is 23.8 Å². The summed E-state index contributed by atoms with van der Waals surface area (Å²) in [6, 6.07) is 4.40. The summed E-state index contributed by atoms with van der Waals surface area (Å²) >= 11 is 0. The van der Waals surface area contributed by atoms with Crippen molar-refractivity contribution in [3.8, 4) is 0 Å². The van der Waals surface area contributed by atoms with E-state index in [9.17, 15) is 14.4 Å². The Morgan fingerprint density at radius 1 is 1.06 bits per heavy atom. The normalized spacial score (nSPS) is 16.4. The monoisotopic (exact) mass is 487 g/mol. The highest BCUT2D eigenvalue weighted by molar-refractivity contribution is 5.92. The molecule has 7 nitrogen and oxygen atoms in total. The van der Waals surface area contributed by atoms with Crippen LogP contribution in [0.4, 0.5) is 4.79 Å². The van der Waals surface area contributed by atoms with Gasteiger partial charge in [-0.05, 0) is 76.5 Å². The van der Waals surface area contributed by atoms with Crippen molar-refractivity contribution >= 4 is 17.9 Å². The van der Waals surface area contributed by atoms with Crippen molar-refractivity contribution in [3.63, 3.8) is 0 Å². The SMILES string of the molecule is Cc1ccc(C(C(=O)NC2CCCCC2)N(C)C(=O)C(CC(C)C)NC(=O)OC(C)(C)C)cc1C. The number of aryl methyl sites for hydroxylation is 2. The fourth-order valence-electron chi connectivity index (χ4n) is 4.53. The Hall–Kier alpha value is -2.57. The van der Waals surface area contributed by atoms with Crippen molar-refractivity contribution in [2.45, 2.75) is 111 Å². The number of hydrogen-bond donors (Lipinski definition) is 2. The van der Waals surface area contributed by atoms with E-state index >= 15 is 0 Å². The molecule has 1 aromatic carbocycles. The van der Waals surface area contributed by atoms with E-state index in [0.717, 1.165) is 42.4 Å². The molecule has 1 aromatic rings. The van der Waals surface area contributed by atoms with Crippen LogP contribution in [-0.2, 0) is 14.3 Å². The fourth-order valence-corrected chi connectivity index (χ4v) is 4.53. The molecular weight excluding hydrogens is 442 g/mol. The molecule has 3 amide bonds. The van der Waals surface area contributed by atoms with Gasteiger partial charge in [-0.1, -0.05) is 51.3 Å². The van der Waals surface area contributed by atoms with Gasteiger partial charge in [-0.25, -0.2) is 4.79 Å². The summed E-state index contributed by atoms with van der Waals surface area (Å²) < 4.78 is 5.40. The molecule has 0 aromatic heterocycles. The number of nitrogens with one attached hydrogen (secondary N) is 2. The predicted octanol–water partition coefficient (Wildman–Crippen LogP) is 5.19. The quantitative estimate of drug-likeness (QED) is 0.528. The van der Waals surface area contributed by atoms with Gasteiger partial charge in [-0.15, -0.1) is 0 Å². The van der Waals surface area contributed by atoms with Crippen molar-refractivity contribution in [2.24, 2.45) is 5.92 Å². The first-order valence-corrected chi connectivity index (χ1v) is 12.9. The highest BCUT2D eigenvalue weighted by atomic mass is 16.6. The molecular formula is C28H45N3O4. The van der Waals surface area contributed by atoms with Crippen LogP contribution in [0.2, 0.25) is 0 Å². The molecule has 0 heterocycles. The highest BCUT2D eigenvalue weighted by Crippen LogP contribution is 2.26. The maximum Gasteiger partial charge on any atom is 0.408 e. The molecule has 0 spiro atoms. The second-order valence-corrected chi connectivity index (χ2v) is 11.4. The summed E-state index contributed by atoms with van der Waals surface area (Å²) in [5.74, 6) is -0.341. The van der Waals surface area contributed by atoms with E-state index in [1.807, 2.05) is 45.9 Å². The Kier molecular flexibility index (Phi) is 10.2. The number of likely N-dealkylation sites (N-methyl/N-ethyl adjacent to an activating group) is 1. The fraction of sp³-hybridized carbons (Fsp3) is 0.679. The van der Waals surface area contributed by atoms with Crippen LogP contribution in [0.3, 0.4) is 0 Å². The number of carbonyl (C=O) groups is 3. The average molecular weight is 488 g/mol. The Morgan fingerprint density at radius 3 is 2.23 bits per heavy atom. The Balaban J connectivity index is 2.33. The van der Waals surface area contributed by atoms with Crippen molar-refractivity contribution in [1.29, 1.82) is 0 Å². The molecule has 2 unspecified atom stereocenters. The number of amides is 3. The van der Waals surface area contributed by atoms with Gasteiger partial charge < -0.3 is 20.3 Å². The third-order valence-corrected chi connectivity index (χ3v) is 6.48. The Bertz CT molecular complexity index is 885. The molecule has 7 heteroatoms. The van der Waals surface area contributed by atoms with Gasteiger partial charge in [0.25, 0.3) is 0 Å². The summed E-state index contributed by atoms with van der Waals surface area (Å²) in [5, 5.41) is 5.94. The van der Waals surface area contributed by atoms with Gasteiger partial charge in [-0.3, -0.25) is 9.59 Å². The lowest BCUT2D eigenvalue weighted by molar-refractivity contribution is -0.141. The minimum atomic E-state index is -0.800. The largest absolute Gasteiger partial charge is 0.444 e. The lowest BCUT2D eigenvalue weighted by Gasteiger charge is -2.34. The lowest BCUT2D eigenvalue weighted by atomic mass is 9.94. The number of nitrogens with zero attached hydrogens (tertiary/aromatic N) is 1. The van der Waals surface area contributed by atoms with Gasteiger partial charge >= 0.3 is 6.09 Å². The molecule has 1 saturated carbocycles. The van der Waals surface area contributed by atoms with Crippen molar-refractivity contribution in [3.05, 3.63) is 34.9 Å². The molecule has 2 N–H and O–H groups in total. The van der Waals surface area contributed by atoms with Gasteiger partial charge in [0.1, 0.15) is 17.7 Å². The predicted molar refractivity (Wildman–Crippen MR) is 139 cm³/mol. The zero-order chi connectivity index (χ0) is 26.3. The number of ether oxygens (including phenoxy) is 1. The highest BCUT2D eigenvalue weighted by Gasteiger charge is 2.35. The molecule has 1 aliphatic carbocycles. The van der Waals surface area contributed by atoms with Crippen LogP contribution in [0, 0.1) is 19.8 Å². The summed E-state index contributed by atoms with van der Waals surface area (Å²) in [6.45, 7) is 13.4. The van der Waals surface area contributed by atoms with E-state index in [1.165, 1.54) is 11.3 Å². The van der Waals surface area contributed by atoms with E-state index in [1.54, 1.807) is 27.8 Å². The van der Waals surface area contributed by atoms with Gasteiger partial charge in [0.15, 0.2) is 0 Å². The van der Waals surface area contributed by atoms with Crippen LogP contribution in [0.25, 0.3) is 0 Å². The van der Waals surface area contributed by atoms with Crippen molar-refractivity contribution < 1.29 is 19.1 Å². The van der Waals surface area contributed by atoms with Crippen LogP contribution in [0.1, 0.15) is 95.9 Å². The summed E-state index contributed by atoms with van der Waals surface area (Å²) in [6.07, 6.45) is 5.11. The first kappa shape index (κ1) is 28.7. The van der Waals surface area contributed by atoms with Crippen molar-refractivity contribution in [2.75, 3.05) is 7.05 Å². The maximum absolute atomic E-state index is 13.7. The number of carbonyl (C=O) groups excluding carboxylic acids is 3. The topological polar surface area (TPSA) is 87.7 Å². The summed E-state index contributed by atoms with van der Waals surface area (Å²) in [7, 11) is 1.65. The second-order valence-electron chi connectivity index (χ2n) is 11.4. The van der Waals surface area contributed by atoms with Gasteiger partial charge in [0, 0.05) is 13.1 Å². The first-order chi connectivity index (χ1) is 16.3.